The number of carbonyl (C=O) groups is 2. The number of Topliss-reactive ketones (excluding diaryl/α,β-unsaturated/α-hetero) is 1. The second kappa shape index (κ2) is 3.86. The van der Waals surface area contributed by atoms with Crippen LogP contribution in [-0.4, -0.2) is 17.9 Å². The molecule has 1 saturated heterocycles. The Hall–Kier alpha value is -0.860. The number of hydrogen-bond acceptors (Lipinski definition) is 3. The van der Waals surface area contributed by atoms with Crippen LogP contribution in [0.1, 0.15) is 46.5 Å². The number of esters is 1. The van der Waals surface area contributed by atoms with Crippen molar-refractivity contribution < 1.29 is 14.3 Å². The molecule has 3 heteroatoms. The Morgan fingerprint density at radius 1 is 1.56 bits per heavy atom. The van der Waals surface area contributed by atoms with Crippen molar-refractivity contribution in [2.75, 3.05) is 0 Å². The van der Waals surface area contributed by atoms with Crippen molar-refractivity contribution in [1.82, 2.24) is 0 Å². The maximum absolute atomic E-state index is 11.9. The van der Waals surface area contributed by atoms with Gasteiger partial charge in [-0.2, -0.15) is 0 Å². The van der Waals surface area contributed by atoms with E-state index in [1.54, 1.807) is 0 Å². The van der Waals surface area contributed by atoms with Gasteiger partial charge in [-0.25, -0.2) is 0 Å². The highest BCUT2D eigenvalue weighted by atomic mass is 16.6. The lowest BCUT2D eigenvalue weighted by Gasteiger charge is -2.38. The van der Waals surface area contributed by atoms with Gasteiger partial charge in [0.25, 0.3) is 0 Å². The van der Waals surface area contributed by atoms with Crippen molar-refractivity contribution in [2.45, 2.75) is 52.6 Å². The van der Waals surface area contributed by atoms with Crippen LogP contribution in [0.3, 0.4) is 0 Å². The molecule has 1 heterocycles. The third-order valence-electron chi connectivity index (χ3n) is 4.43. The Morgan fingerprint density at radius 2 is 2.25 bits per heavy atom. The van der Waals surface area contributed by atoms with Crippen molar-refractivity contribution in [1.29, 1.82) is 0 Å². The van der Waals surface area contributed by atoms with Gasteiger partial charge in [-0.1, -0.05) is 20.8 Å². The maximum atomic E-state index is 11.9. The third-order valence-corrected chi connectivity index (χ3v) is 4.43. The van der Waals surface area contributed by atoms with Gasteiger partial charge >= 0.3 is 5.97 Å². The first kappa shape index (κ1) is 11.6. The van der Waals surface area contributed by atoms with Gasteiger partial charge in [0.1, 0.15) is 11.9 Å². The summed E-state index contributed by atoms with van der Waals surface area (Å²) in [5.41, 5.74) is -0.264. The summed E-state index contributed by atoms with van der Waals surface area (Å²) in [7, 11) is 0. The van der Waals surface area contributed by atoms with Crippen LogP contribution >= 0.6 is 0 Å². The van der Waals surface area contributed by atoms with Crippen molar-refractivity contribution in [2.24, 2.45) is 17.3 Å². The SMILES string of the molecule is CCC(=O)C1(C)CCC2C(C1)OC(=O)C2C. The zero-order chi connectivity index (χ0) is 11.9. The Balaban J connectivity index is 2.12. The molecule has 0 aromatic carbocycles. The number of fused-ring (bicyclic) bond motifs is 1. The van der Waals surface area contributed by atoms with Gasteiger partial charge in [0, 0.05) is 17.8 Å². The first-order valence-corrected chi connectivity index (χ1v) is 6.22. The molecule has 0 N–H and O–H groups in total. The predicted octanol–water partition coefficient (Wildman–Crippen LogP) is 2.33. The van der Waals surface area contributed by atoms with E-state index in [0.717, 1.165) is 19.3 Å². The minimum Gasteiger partial charge on any atom is -0.462 e. The summed E-state index contributed by atoms with van der Waals surface area (Å²) in [4.78, 5) is 23.4. The smallest absolute Gasteiger partial charge is 0.309 e. The van der Waals surface area contributed by atoms with Crippen LogP contribution < -0.4 is 0 Å². The summed E-state index contributed by atoms with van der Waals surface area (Å²) in [5.74, 6) is 0.584. The quantitative estimate of drug-likeness (QED) is 0.676. The van der Waals surface area contributed by atoms with Crippen molar-refractivity contribution in [3.05, 3.63) is 0 Å². The van der Waals surface area contributed by atoms with Gasteiger partial charge in [0.15, 0.2) is 0 Å². The van der Waals surface area contributed by atoms with Crippen LogP contribution in [0.2, 0.25) is 0 Å². The highest BCUT2D eigenvalue weighted by Crippen LogP contribution is 2.47. The Morgan fingerprint density at radius 3 is 2.88 bits per heavy atom. The van der Waals surface area contributed by atoms with Crippen molar-refractivity contribution >= 4 is 11.8 Å². The van der Waals surface area contributed by atoms with Gasteiger partial charge in [-0.15, -0.1) is 0 Å². The molecule has 90 valence electrons. The van der Waals surface area contributed by atoms with E-state index in [0.29, 0.717) is 18.1 Å². The summed E-state index contributed by atoms with van der Waals surface area (Å²) in [6.45, 7) is 5.87. The predicted molar refractivity (Wildman–Crippen MR) is 59.8 cm³/mol. The molecule has 1 aliphatic heterocycles. The molecule has 3 nitrogen and oxygen atoms in total. The number of rotatable bonds is 2. The average Bonchev–Trinajstić information content (AvgIpc) is 2.53. The fraction of sp³-hybridized carbons (Fsp3) is 0.846. The van der Waals surface area contributed by atoms with Crippen LogP contribution in [0.5, 0.6) is 0 Å². The standard InChI is InChI=1S/C13H20O3/c1-4-11(14)13(3)6-5-9-8(2)12(15)16-10(9)7-13/h8-10H,4-7H2,1-3H3. The van der Waals surface area contributed by atoms with Crippen LogP contribution in [0, 0.1) is 17.3 Å². The number of carbonyl (C=O) groups excluding carboxylic acids is 2. The number of ketones is 1. The Labute approximate surface area is 96.5 Å². The molecular formula is C13H20O3. The molecule has 2 fully saturated rings. The molecule has 1 aliphatic carbocycles. The molecule has 0 amide bonds. The second-order valence-electron chi connectivity index (χ2n) is 5.51. The molecule has 0 radical (unpaired) electrons. The maximum Gasteiger partial charge on any atom is 0.309 e. The van der Waals surface area contributed by atoms with Gasteiger partial charge in [0.2, 0.25) is 0 Å². The molecule has 0 bridgehead atoms. The zero-order valence-electron chi connectivity index (χ0n) is 10.3. The summed E-state index contributed by atoms with van der Waals surface area (Å²) in [5, 5.41) is 0. The van der Waals surface area contributed by atoms with Crippen LogP contribution in [0.15, 0.2) is 0 Å². The van der Waals surface area contributed by atoms with Crippen LogP contribution in [0.4, 0.5) is 0 Å². The molecule has 0 aromatic rings. The Kier molecular flexibility index (Phi) is 2.81. The van der Waals surface area contributed by atoms with E-state index in [1.807, 2.05) is 20.8 Å². The summed E-state index contributed by atoms with van der Waals surface area (Å²) in [6, 6.07) is 0. The molecule has 1 saturated carbocycles. The molecule has 16 heavy (non-hydrogen) atoms. The fourth-order valence-electron chi connectivity index (χ4n) is 3.18. The van der Waals surface area contributed by atoms with E-state index >= 15 is 0 Å². The van der Waals surface area contributed by atoms with Gasteiger partial charge < -0.3 is 4.74 Å². The lowest BCUT2D eigenvalue weighted by atomic mass is 9.66. The Bertz CT molecular complexity index is 323. The fourth-order valence-corrected chi connectivity index (χ4v) is 3.18. The first-order chi connectivity index (χ1) is 7.48. The van der Waals surface area contributed by atoms with Gasteiger partial charge in [0.05, 0.1) is 5.92 Å². The molecule has 4 atom stereocenters. The van der Waals surface area contributed by atoms with E-state index in [2.05, 4.69) is 0 Å². The molecule has 0 spiro atoms. The largest absolute Gasteiger partial charge is 0.462 e. The monoisotopic (exact) mass is 224 g/mol. The zero-order valence-corrected chi connectivity index (χ0v) is 10.3. The highest BCUT2D eigenvalue weighted by Gasteiger charge is 2.50. The van der Waals surface area contributed by atoms with Gasteiger partial charge in [-0.3, -0.25) is 9.59 Å². The molecule has 0 aromatic heterocycles. The van der Waals surface area contributed by atoms with Gasteiger partial charge in [-0.05, 0) is 19.3 Å². The summed E-state index contributed by atoms with van der Waals surface area (Å²) in [6.07, 6.45) is 3.14. The van der Waals surface area contributed by atoms with E-state index in [-0.39, 0.29) is 23.4 Å². The number of hydrogen-bond donors (Lipinski definition) is 0. The van der Waals surface area contributed by atoms with Crippen molar-refractivity contribution in [3.8, 4) is 0 Å². The normalized spacial score (nSPS) is 42.7. The third kappa shape index (κ3) is 1.66. The second-order valence-corrected chi connectivity index (χ2v) is 5.51. The van der Waals surface area contributed by atoms with Crippen molar-refractivity contribution in [3.63, 3.8) is 0 Å². The average molecular weight is 224 g/mol. The molecule has 2 rings (SSSR count). The summed E-state index contributed by atoms with van der Waals surface area (Å²) < 4.78 is 5.38. The lowest BCUT2D eigenvalue weighted by Crippen LogP contribution is -2.39. The van der Waals surface area contributed by atoms with E-state index in [4.69, 9.17) is 4.74 Å². The van der Waals surface area contributed by atoms with Crippen LogP contribution in [0.25, 0.3) is 0 Å². The number of ether oxygens (including phenoxy) is 1. The molecular weight excluding hydrogens is 204 g/mol. The molecule has 2 aliphatic rings. The van der Waals surface area contributed by atoms with E-state index < -0.39 is 0 Å². The topological polar surface area (TPSA) is 43.4 Å². The van der Waals surface area contributed by atoms with Crippen LogP contribution in [-0.2, 0) is 14.3 Å². The first-order valence-electron chi connectivity index (χ1n) is 6.22. The minimum atomic E-state index is -0.264. The van der Waals surface area contributed by atoms with E-state index in [9.17, 15) is 9.59 Å². The summed E-state index contributed by atoms with van der Waals surface area (Å²) >= 11 is 0. The van der Waals surface area contributed by atoms with E-state index in [1.165, 1.54) is 0 Å². The molecule has 4 unspecified atom stereocenters. The minimum absolute atomic E-state index is 0.0169. The lowest BCUT2D eigenvalue weighted by molar-refractivity contribution is -0.147. The highest BCUT2D eigenvalue weighted by molar-refractivity contribution is 5.84.